The third-order valence-electron chi connectivity index (χ3n) is 6.74. The number of nitrogens with one attached hydrogen (secondary N) is 1. The largest absolute Gasteiger partial charge is 0.485 e. The zero-order valence-corrected chi connectivity index (χ0v) is 20.6. The molecule has 1 saturated heterocycles. The van der Waals surface area contributed by atoms with Crippen molar-refractivity contribution >= 4 is 42.3 Å². The molecule has 8 nitrogen and oxygen atoms in total. The number of piperidine rings is 1. The molecule has 4 heterocycles. The van der Waals surface area contributed by atoms with E-state index < -0.39 is 6.10 Å². The number of amides is 1. The number of anilines is 1. The molecule has 0 radical (unpaired) electrons. The summed E-state index contributed by atoms with van der Waals surface area (Å²) in [7, 11) is 2.00. The summed E-state index contributed by atoms with van der Waals surface area (Å²) in [6.07, 6.45) is 2.81. The third-order valence-corrected chi connectivity index (χ3v) is 7.07. The van der Waals surface area contributed by atoms with Gasteiger partial charge in [-0.3, -0.25) is 4.79 Å². The average molecular weight is 502 g/mol. The highest BCUT2D eigenvalue weighted by molar-refractivity contribution is 6.36. The number of halogens is 1. The third kappa shape index (κ3) is 4.24. The summed E-state index contributed by atoms with van der Waals surface area (Å²) in [5, 5.41) is 8.82. The number of fused-ring (bicyclic) bond motifs is 2. The molecular weight excluding hydrogens is 477 g/mol. The van der Waals surface area contributed by atoms with Crippen molar-refractivity contribution in [2.75, 3.05) is 25.0 Å². The highest BCUT2D eigenvalue weighted by atomic mass is 35.5. The molecule has 6 rings (SSSR count). The van der Waals surface area contributed by atoms with Gasteiger partial charge in [0.05, 0.1) is 5.69 Å². The van der Waals surface area contributed by atoms with Crippen LogP contribution < -0.4 is 20.3 Å². The van der Waals surface area contributed by atoms with Crippen LogP contribution in [0.5, 0.6) is 11.5 Å². The second-order valence-corrected chi connectivity index (χ2v) is 9.58. The maximum atomic E-state index is 13.1. The van der Waals surface area contributed by atoms with E-state index in [2.05, 4.69) is 10.4 Å². The van der Waals surface area contributed by atoms with Gasteiger partial charge in [0, 0.05) is 42.0 Å². The molecule has 36 heavy (non-hydrogen) atoms. The molecule has 2 aliphatic rings. The molecule has 4 aromatic rings. The predicted molar refractivity (Wildman–Crippen MR) is 141 cm³/mol. The molecule has 0 spiro atoms. The molecule has 1 fully saturated rings. The van der Waals surface area contributed by atoms with Crippen molar-refractivity contribution in [3.8, 4) is 22.8 Å². The van der Waals surface area contributed by atoms with Gasteiger partial charge in [0.15, 0.2) is 17.1 Å². The van der Waals surface area contributed by atoms with Crippen LogP contribution in [0.4, 0.5) is 5.82 Å². The lowest BCUT2D eigenvalue weighted by Crippen LogP contribution is -2.50. The predicted octanol–water partition coefficient (Wildman–Crippen LogP) is 2.55. The zero-order valence-electron chi connectivity index (χ0n) is 19.9. The Labute approximate surface area is 214 Å². The van der Waals surface area contributed by atoms with E-state index >= 15 is 0 Å². The van der Waals surface area contributed by atoms with Gasteiger partial charge in [-0.05, 0) is 36.5 Å². The van der Waals surface area contributed by atoms with Gasteiger partial charge in [0.25, 0.3) is 5.91 Å². The molecule has 2 aromatic carbocycles. The maximum Gasteiger partial charge on any atom is 0.267 e. The van der Waals surface area contributed by atoms with Crippen LogP contribution in [0, 0.1) is 0 Å². The number of hydrogen-bond acceptors (Lipinski definition) is 6. The first kappa shape index (κ1) is 22.7. The first-order valence-electron chi connectivity index (χ1n) is 12.1. The van der Waals surface area contributed by atoms with Crippen LogP contribution in [0.15, 0.2) is 60.8 Å². The minimum atomic E-state index is -0.616. The van der Waals surface area contributed by atoms with E-state index in [-0.39, 0.29) is 18.6 Å². The van der Waals surface area contributed by atoms with Crippen molar-refractivity contribution in [2.45, 2.75) is 25.0 Å². The molecule has 0 saturated carbocycles. The molecule has 182 valence electrons. The Bertz CT molecular complexity index is 1440. The summed E-state index contributed by atoms with van der Waals surface area (Å²) in [5.41, 5.74) is 3.45. The van der Waals surface area contributed by atoms with Gasteiger partial charge < -0.3 is 19.7 Å². The number of nitrogens with zero attached hydrogens (tertiary/aromatic N) is 4. The molecule has 1 unspecified atom stereocenters. The van der Waals surface area contributed by atoms with E-state index in [1.165, 1.54) is 0 Å². The summed E-state index contributed by atoms with van der Waals surface area (Å²) in [6.45, 7) is 1.51. The summed E-state index contributed by atoms with van der Waals surface area (Å²) in [4.78, 5) is 19.8. The first-order valence-corrected chi connectivity index (χ1v) is 12.5. The van der Waals surface area contributed by atoms with Gasteiger partial charge in [-0.1, -0.05) is 41.9 Å². The van der Waals surface area contributed by atoms with Crippen LogP contribution in [-0.4, -0.2) is 65.1 Å². The van der Waals surface area contributed by atoms with E-state index in [4.69, 9.17) is 26.1 Å². The molecule has 2 aliphatic heterocycles. The van der Waals surface area contributed by atoms with Gasteiger partial charge in [0.1, 0.15) is 20.3 Å². The summed E-state index contributed by atoms with van der Waals surface area (Å²) in [5.74, 6) is 2.12. The monoisotopic (exact) mass is 501 g/mol. The van der Waals surface area contributed by atoms with E-state index in [1.54, 1.807) is 0 Å². The molecule has 1 atom stereocenters. The standard InChI is InChI=1S/C26H25BClN5O3/c27-18-14-29-33-24(13-20(31-25(18)33)17-5-1-2-6-19(17)28)30-16-9-11-32(12-10-16)26(34)23-15-35-21-7-3-4-8-22(21)36-23/h1-8,13-14,16,23,30H,9-12,15,27H2. The normalized spacial score (nSPS) is 17.8. The number of carbonyl (C=O) groups excluding carboxylic acids is 1. The van der Waals surface area contributed by atoms with Crippen LogP contribution in [-0.2, 0) is 4.79 Å². The van der Waals surface area contributed by atoms with Crippen molar-refractivity contribution < 1.29 is 14.3 Å². The number of para-hydroxylation sites is 2. The maximum absolute atomic E-state index is 13.1. The van der Waals surface area contributed by atoms with Gasteiger partial charge in [0.2, 0.25) is 6.10 Å². The van der Waals surface area contributed by atoms with Gasteiger partial charge in [-0.2, -0.15) is 9.61 Å². The molecule has 2 aromatic heterocycles. The smallest absolute Gasteiger partial charge is 0.267 e. The van der Waals surface area contributed by atoms with Crippen molar-refractivity contribution in [1.82, 2.24) is 19.5 Å². The van der Waals surface area contributed by atoms with Gasteiger partial charge in [-0.15, -0.1) is 0 Å². The van der Waals surface area contributed by atoms with Crippen molar-refractivity contribution in [1.29, 1.82) is 0 Å². The second-order valence-electron chi connectivity index (χ2n) is 9.18. The Balaban J connectivity index is 1.16. The number of benzene rings is 2. The van der Waals surface area contributed by atoms with E-state index in [1.807, 2.05) is 78.1 Å². The highest BCUT2D eigenvalue weighted by Crippen LogP contribution is 2.32. The Morgan fingerprint density at radius 1 is 1.08 bits per heavy atom. The number of aromatic nitrogens is 3. The minimum absolute atomic E-state index is 0.0297. The second kappa shape index (κ2) is 9.39. The van der Waals surface area contributed by atoms with Crippen molar-refractivity contribution in [3.05, 3.63) is 65.8 Å². The van der Waals surface area contributed by atoms with E-state index in [0.29, 0.717) is 29.6 Å². The topological polar surface area (TPSA) is 81.0 Å². The fraction of sp³-hybridized carbons (Fsp3) is 0.269. The number of carbonyl (C=O) groups is 1. The van der Waals surface area contributed by atoms with Crippen molar-refractivity contribution in [2.24, 2.45) is 0 Å². The Kier molecular flexibility index (Phi) is 5.93. The Morgan fingerprint density at radius 2 is 1.83 bits per heavy atom. The molecule has 0 aliphatic carbocycles. The van der Waals surface area contributed by atoms with Gasteiger partial charge >= 0.3 is 0 Å². The lowest BCUT2D eigenvalue weighted by molar-refractivity contribution is -0.142. The number of ether oxygens (including phenoxy) is 2. The van der Waals surface area contributed by atoms with E-state index in [9.17, 15) is 4.79 Å². The molecular formula is C26H25BClN5O3. The van der Waals surface area contributed by atoms with Gasteiger partial charge in [-0.25, -0.2) is 4.98 Å². The SMILES string of the molecule is Bc1cnn2c(NC3CCN(C(=O)C4COc5ccccc5O4)CC3)cc(-c3ccccc3Cl)nc12. The van der Waals surface area contributed by atoms with Crippen LogP contribution in [0.2, 0.25) is 5.02 Å². The highest BCUT2D eigenvalue weighted by Gasteiger charge is 2.33. The minimum Gasteiger partial charge on any atom is -0.485 e. The first-order chi connectivity index (χ1) is 17.6. The van der Waals surface area contributed by atoms with E-state index in [0.717, 1.165) is 41.0 Å². The summed E-state index contributed by atoms with van der Waals surface area (Å²) < 4.78 is 13.5. The fourth-order valence-corrected chi connectivity index (χ4v) is 5.01. The number of likely N-dealkylation sites (tertiary alicyclic amines) is 1. The van der Waals surface area contributed by atoms with Crippen molar-refractivity contribution in [3.63, 3.8) is 0 Å². The van der Waals surface area contributed by atoms with Crippen LogP contribution in [0.25, 0.3) is 16.9 Å². The molecule has 1 amide bonds. The van der Waals surface area contributed by atoms with Crippen LogP contribution >= 0.6 is 11.6 Å². The van der Waals surface area contributed by atoms with Crippen LogP contribution in [0.1, 0.15) is 12.8 Å². The number of hydrogen-bond donors (Lipinski definition) is 1. The molecule has 10 heteroatoms. The average Bonchev–Trinajstić information content (AvgIpc) is 3.29. The molecule has 1 N–H and O–H groups in total. The summed E-state index contributed by atoms with van der Waals surface area (Å²) >= 11 is 6.47. The van der Waals surface area contributed by atoms with Crippen LogP contribution in [0.3, 0.4) is 0 Å². The molecule has 0 bridgehead atoms. The zero-order chi connectivity index (χ0) is 24.6. The lowest BCUT2D eigenvalue weighted by Gasteiger charge is -2.36. The fourth-order valence-electron chi connectivity index (χ4n) is 4.78. The quantitative estimate of drug-likeness (QED) is 0.433. The number of rotatable bonds is 4. The Morgan fingerprint density at radius 3 is 2.64 bits per heavy atom. The Hall–Kier alpha value is -3.72. The summed E-state index contributed by atoms with van der Waals surface area (Å²) in [6, 6.07) is 17.3. The lowest BCUT2D eigenvalue weighted by atomic mass is 10.0.